The maximum absolute atomic E-state index is 8.99. The smallest absolute Gasteiger partial charge is 0.258 e. The fraction of sp³-hybridized carbons (Fsp3) is 0.500. The van der Waals surface area contributed by atoms with E-state index in [1.807, 2.05) is 6.92 Å². The summed E-state index contributed by atoms with van der Waals surface area (Å²) in [6.45, 7) is 2.60. The van der Waals surface area contributed by atoms with Crippen LogP contribution in [0.3, 0.4) is 0 Å². The molecular weight excluding hydrogens is 248 g/mol. The third-order valence-corrected chi connectivity index (χ3v) is 2.39. The Morgan fingerprint density at radius 3 is 2.74 bits per heavy atom. The average molecular weight is 264 g/mol. The summed E-state index contributed by atoms with van der Waals surface area (Å²) in [7, 11) is 1.72. The van der Waals surface area contributed by atoms with Gasteiger partial charge in [0, 0.05) is 20.2 Å². The number of aromatic nitrogens is 6. The van der Waals surface area contributed by atoms with Gasteiger partial charge in [-0.3, -0.25) is 0 Å². The molecule has 0 bridgehead atoms. The van der Waals surface area contributed by atoms with Crippen LogP contribution in [-0.4, -0.2) is 55.0 Å². The highest BCUT2D eigenvalue weighted by Gasteiger charge is 2.08. The van der Waals surface area contributed by atoms with Gasteiger partial charge < -0.3 is 15.7 Å². The summed E-state index contributed by atoms with van der Waals surface area (Å²) in [4.78, 5) is 16.4. The predicted molar refractivity (Wildman–Crippen MR) is 69.0 cm³/mol. The minimum Gasteiger partial charge on any atom is -0.396 e. The monoisotopic (exact) mass is 264 g/mol. The highest BCUT2D eigenvalue weighted by atomic mass is 16.3. The van der Waals surface area contributed by atoms with Gasteiger partial charge in [-0.2, -0.15) is 24.7 Å². The van der Waals surface area contributed by atoms with Crippen molar-refractivity contribution in [2.75, 3.05) is 30.8 Å². The first-order valence-corrected chi connectivity index (χ1v) is 5.86. The fourth-order valence-electron chi connectivity index (χ4n) is 1.30. The minimum atomic E-state index is 0.104. The van der Waals surface area contributed by atoms with Gasteiger partial charge in [0.25, 0.3) is 5.95 Å². The Hall–Kier alpha value is -2.29. The molecule has 0 spiro atoms. The van der Waals surface area contributed by atoms with Crippen LogP contribution in [0.1, 0.15) is 6.92 Å². The van der Waals surface area contributed by atoms with Crippen molar-refractivity contribution in [3.05, 3.63) is 12.7 Å². The lowest BCUT2D eigenvalue weighted by molar-refractivity contribution is 0.244. The van der Waals surface area contributed by atoms with Gasteiger partial charge in [-0.05, 0) is 5.92 Å². The van der Waals surface area contributed by atoms with E-state index in [2.05, 4.69) is 35.7 Å². The molecule has 102 valence electrons. The van der Waals surface area contributed by atoms with Crippen molar-refractivity contribution in [3.8, 4) is 5.95 Å². The lowest BCUT2D eigenvalue weighted by atomic mass is 10.2. The van der Waals surface area contributed by atoms with E-state index in [1.54, 1.807) is 7.05 Å². The molecule has 3 N–H and O–H groups in total. The summed E-state index contributed by atoms with van der Waals surface area (Å²) in [5, 5.41) is 18.9. The number of hydrogen-bond donors (Lipinski definition) is 3. The van der Waals surface area contributed by atoms with Crippen molar-refractivity contribution in [1.82, 2.24) is 29.7 Å². The molecule has 2 aromatic rings. The van der Waals surface area contributed by atoms with Gasteiger partial charge >= 0.3 is 0 Å². The Kier molecular flexibility index (Phi) is 4.18. The lowest BCUT2D eigenvalue weighted by Crippen LogP contribution is -2.18. The number of aliphatic hydroxyl groups is 1. The SMILES string of the molecule is CNc1nc(NCC(C)CO)nc(-n2cncn2)n1. The minimum absolute atomic E-state index is 0.104. The lowest BCUT2D eigenvalue weighted by Gasteiger charge is -2.11. The van der Waals surface area contributed by atoms with Gasteiger partial charge in [-0.1, -0.05) is 6.92 Å². The van der Waals surface area contributed by atoms with Crippen molar-refractivity contribution in [3.63, 3.8) is 0 Å². The highest BCUT2D eigenvalue weighted by molar-refractivity contribution is 5.37. The molecule has 9 heteroatoms. The van der Waals surface area contributed by atoms with Gasteiger partial charge in [-0.15, -0.1) is 0 Å². The number of rotatable bonds is 6. The number of hydrogen-bond acceptors (Lipinski definition) is 8. The first kappa shape index (κ1) is 13.1. The van der Waals surface area contributed by atoms with E-state index >= 15 is 0 Å². The molecule has 19 heavy (non-hydrogen) atoms. The van der Waals surface area contributed by atoms with E-state index in [-0.39, 0.29) is 12.5 Å². The zero-order valence-electron chi connectivity index (χ0n) is 10.8. The normalized spacial score (nSPS) is 12.2. The maximum atomic E-state index is 8.99. The van der Waals surface area contributed by atoms with E-state index < -0.39 is 0 Å². The van der Waals surface area contributed by atoms with Crippen molar-refractivity contribution < 1.29 is 5.11 Å². The Labute approximate surface area is 110 Å². The van der Waals surface area contributed by atoms with Crippen LogP contribution >= 0.6 is 0 Å². The third kappa shape index (κ3) is 3.35. The maximum Gasteiger partial charge on any atom is 0.258 e. The number of nitrogens with one attached hydrogen (secondary N) is 2. The zero-order chi connectivity index (χ0) is 13.7. The second-order valence-corrected chi connectivity index (χ2v) is 4.04. The molecule has 2 aromatic heterocycles. The standard InChI is InChI=1S/C10H16N8O/c1-7(4-19)3-13-9-15-8(11-2)16-10(17-9)18-6-12-5-14-18/h5-7,19H,3-4H2,1-2H3,(H2,11,13,15,16,17). The van der Waals surface area contributed by atoms with Crippen LogP contribution in [0.15, 0.2) is 12.7 Å². The molecule has 0 aliphatic rings. The molecule has 9 nitrogen and oxygen atoms in total. The van der Waals surface area contributed by atoms with Gasteiger partial charge in [0.1, 0.15) is 12.7 Å². The molecule has 0 fully saturated rings. The van der Waals surface area contributed by atoms with Gasteiger partial charge in [0.05, 0.1) is 0 Å². The van der Waals surface area contributed by atoms with Crippen LogP contribution in [0.25, 0.3) is 5.95 Å². The second-order valence-electron chi connectivity index (χ2n) is 4.04. The predicted octanol–water partition coefficient (Wildman–Crippen LogP) is -0.466. The van der Waals surface area contributed by atoms with E-state index in [0.29, 0.717) is 24.4 Å². The summed E-state index contributed by atoms with van der Waals surface area (Å²) in [6.07, 6.45) is 2.92. The molecule has 0 aliphatic carbocycles. The van der Waals surface area contributed by atoms with Crippen molar-refractivity contribution >= 4 is 11.9 Å². The van der Waals surface area contributed by atoms with Crippen LogP contribution in [-0.2, 0) is 0 Å². The Bertz CT molecular complexity index is 514. The van der Waals surface area contributed by atoms with E-state index in [0.717, 1.165) is 0 Å². The molecule has 0 aromatic carbocycles. The van der Waals surface area contributed by atoms with Crippen LogP contribution in [0.4, 0.5) is 11.9 Å². The van der Waals surface area contributed by atoms with Gasteiger partial charge in [-0.25, -0.2) is 4.98 Å². The second kappa shape index (κ2) is 6.05. The first-order valence-electron chi connectivity index (χ1n) is 5.86. The van der Waals surface area contributed by atoms with Crippen molar-refractivity contribution in [2.24, 2.45) is 5.92 Å². The van der Waals surface area contributed by atoms with Crippen LogP contribution < -0.4 is 10.6 Å². The molecule has 2 heterocycles. The molecule has 1 unspecified atom stereocenters. The molecular formula is C10H16N8O. The topological polar surface area (TPSA) is 114 Å². The van der Waals surface area contributed by atoms with Crippen molar-refractivity contribution in [1.29, 1.82) is 0 Å². The molecule has 0 radical (unpaired) electrons. The van der Waals surface area contributed by atoms with Crippen LogP contribution in [0, 0.1) is 5.92 Å². The zero-order valence-corrected chi connectivity index (χ0v) is 10.8. The molecule has 0 aliphatic heterocycles. The number of nitrogens with zero attached hydrogens (tertiary/aromatic N) is 6. The van der Waals surface area contributed by atoms with Gasteiger partial charge in [0.15, 0.2) is 0 Å². The highest BCUT2D eigenvalue weighted by Crippen LogP contribution is 2.08. The summed E-state index contributed by atoms with van der Waals surface area (Å²) in [5.41, 5.74) is 0. The number of anilines is 2. The average Bonchev–Trinajstić information content (AvgIpc) is 2.98. The molecule has 2 rings (SSSR count). The summed E-state index contributed by atoms with van der Waals surface area (Å²) >= 11 is 0. The van der Waals surface area contributed by atoms with Crippen molar-refractivity contribution in [2.45, 2.75) is 6.92 Å². The fourth-order valence-corrected chi connectivity index (χ4v) is 1.30. The number of aliphatic hydroxyl groups excluding tert-OH is 1. The summed E-state index contributed by atoms with van der Waals surface area (Å²) in [5.74, 6) is 1.34. The van der Waals surface area contributed by atoms with Gasteiger partial charge in [0.2, 0.25) is 11.9 Å². The molecule has 0 amide bonds. The van der Waals surface area contributed by atoms with E-state index in [4.69, 9.17) is 5.11 Å². The Morgan fingerprint density at radius 2 is 2.11 bits per heavy atom. The largest absolute Gasteiger partial charge is 0.396 e. The first-order chi connectivity index (χ1) is 9.22. The molecule has 0 saturated heterocycles. The quantitative estimate of drug-likeness (QED) is 0.642. The van der Waals surface area contributed by atoms with E-state index in [1.165, 1.54) is 17.3 Å². The third-order valence-electron chi connectivity index (χ3n) is 2.39. The van der Waals surface area contributed by atoms with Crippen LogP contribution in [0.2, 0.25) is 0 Å². The Balaban J connectivity index is 2.21. The summed E-state index contributed by atoms with van der Waals surface area (Å²) in [6, 6.07) is 0. The summed E-state index contributed by atoms with van der Waals surface area (Å²) < 4.78 is 1.45. The van der Waals surface area contributed by atoms with Crippen LogP contribution in [0.5, 0.6) is 0 Å². The van der Waals surface area contributed by atoms with E-state index in [9.17, 15) is 0 Å². The molecule has 0 saturated carbocycles. The molecule has 1 atom stereocenters. The Morgan fingerprint density at radius 1 is 1.32 bits per heavy atom.